The third-order valence-electron chi connectivity index (χ3n) is 5.36. The number of rotatable bonds is 2. The SMILES string of the molecule is Cc1nn(-c2cccc(C(F)(F)F)c2)c2c1[C@@H](c1ccccc1)N1C=C(Cl)C=C(Cl)C1=N2. The highest BCUT2D eigenvalue weighted by Crippen LogP contribution is 2.45. The van der Waals surface area contributed by atoms with E-state index in [0.29, 0.717) is 27.4 Å². The summed E-state index contributed by atoms with van der Waals surface area (Å²) in [6.45, 7) is 1.81. The van der Waals surface area contributed by atoms with E-state index < -0.39 is 11.7 Å². The first-order chi connectivity index (χ1) is 15.2. The molecule has 9 heteroatoms. The first-order valence-electron chi connectivity index (χ1n) is 9.68. The van der Waals surface area contributed by atoms with Crippen molar-refractivity contribution in [2.75, 3.05) is 0 Å². The van der Waals surface area contributed by atoms with Crippen LogP contribution in [0, 0.1) is 6.92 Å². The number of allylic oxidation sites excluding steroid dienone is 2. The first-order valence-corrected chi connectivity index (χ1v) is 10.4. The number of aromatic nitrogens is 2. The molecule has 5 rings (SSSR count). The van der Waals surface area contributed by atoms with Crippen LogP contribution in [0.15, 0.2) is 81.9 Å². The highest BCUT2D eigenvalue weighted by atomic mass is 35.5. The molecule has 0 amide bonds. The van der Waals surface area contributed by atoms with E-state index in [2.05, 4.69) is 5.10 Å². The summed E-state index contributed by atoms with van der Waals surface area (Å²) in [7, 11) is 0. The molecule has 2 aromatic carbocycles. The van der Waals surface area contributed by atoms with Gasteiger partial charge >= 0.3 is 6.18 Å². The number of alkyl halides is 3. The number of amidine groups is 1. The van der Waals surface area contributed by atoms with Crippen LogP contribution in [0.3, 0.4) is 0 Å². The molecule has 0 saturated carbocycles. The zero-order chi connectivity index (χ0) is 22.6. The molecule has 162 valence electrons. The summed E-state index contributed by atoms with van der Waals surface area (Å²) < 4.78 is 41.4. The van der Waals surface area contributed by atoms with Gasteiger partial charge in [0.15, 0.2) is 11.7 Å². The molecular formula is C23H15Cl2F3N4. The Labute approximate surface area is 191 Å². The van der Waals surface area contributed by atoms with Crippen LogP contribution in [0.2, 0.25) is 0 Å². The molecule has 0 spiro atoms. The minimum absolute atomic E-state index is 0.262. The highest BCUT2D eigenvalue weighted by molar-refractivity contribution is 6.45. The van der Waals surface area contributed by atoms with Crippen LogP contribution in [0.1, 0.15) is 28.4 Å². The van der Waals surface area contributed by atoms with Crippen molar-refractivity contribution in [2.45, 2.75) is 19.1 Å². The Bertz CT molecular complexity index is 1310. The normalized spacial score (nSPS) is 17.9. The van der Waals surface area contributed by atoms with Gasteiger partial charge in [-0.2, -0.15) is 18.3 Å². The van der Waals surface area contributed by atoms with Crippen molar-refractivity contribution in [3.63, 3.8) is 0 Å². The van der Waals surface area contributed by atoms with Crippen LogP contribution in [0.4, 0.5) is 19.0 Å². The molecule has 0 radical (unpaired) electrons. The second-order valence-corrected chi connectivity index (χ2v) is 8.29. The minimum atomic E-state index is -4.47. The zero-order valence-electron chi connectivity index (χ0n) is 16.6. The maximum Gasteiger partial charge on any atom is 0.416 e. The van der Waals surface area contributed by atoms with Gasteiger partial charge in [-0.05, 0) is 36.8 Å². The predicted octanol–water partition coefficient (Wildman–Crippen LogP) is 6.85. The Hall–Kier alpha value is -3.03. The van der Waals surface area contributed by atoms with Gasteiger partial charge in [0.2, 0.25) is 0 Å². The second-order valence-electron chi connectivity index (χ2n) is 7.44. The molecular weight excluding hydrogens is 460 g/mol. The summed E-state index contributed by atoms with van der Waals surface area (Å²) >= 11 is 12.8. The Morgan fingerprint density at radius 3 is 2.47 bits per heavy atom. The van der Waals surface area contributed by atoms with Crippen LogP contribution in [0.5, 0.6) is 0 Å². The maximum absolute atomic E-state index is 13.3. The van der Waals surface area contributed by atoms with Gasteiger partial charge in [-0.25, -0.2) is 9.67 Å². The molecule has 0 unspecified atom stereocenters. The number of aliphatic imine (C=N–C) groups is 1. The fourth-order valence-corrected chi connectivity index (χ4v) is 4.53. The molecule has 1 aromatic heterocycles. The Morgan fingerprint density at radius 2 is 1.75 bits per heavy atom. The van der Waals surface area contributed by atoms with Gasteiger partial charge < -0.3 is 4.90 Å². The van der Waals surface area contributed by atoms with Gasteiger partial charge in [0, 0.05) is 11.8 Å². The fraction of sp³-hybridized carbons (Fsp3) is 0.130. The van der Waals surface area contributed by atoms with Crippen molar-refractivity contribution in [1.29, 1.82) is 0 Å². The van der Waals surface area contributed by atoms with E-state index in [1.54, 1.807) is 18.3 Å². The molecule has 0 aliphatic carbocycles. The average molecular weight is 475 g/mol. The van der Waals surface area contributed by atoms with Gasteiger partial charge in [0.1, 0.15) is 0 Å². The number of halogens is 5. The van der Waals surface area contributed by atoms with Crippen LogP contribution >= 0.6 is 23.2 Å². The van der Waals surface area contributed by atoms with E-state index in [-0.39, 0.29) is 11.7 Å². The number of nitrogens with zero attached hydrogens (tertiary/aromatic N) is 4. The Morgan fingerprint density at radius 1 is 1.00 bits per heavy atom. The summed E-state index contributed by atoms with van der Waals surface area (Å²) in [5.74, 6) is 0.880. The largest absolute Gasteiger partial charge is 0.416 e. The van der Waals surface area contributed by atoms with Crippen LogP contribution in [0.25, 0.3) is 5.69 Å². The zero-order valence-corrected chi connectivity index (χ0v) is 18.1. The lowest BCUT2D eigenvalue weighted by molar-refractivity contribution is -0.137. The smallest absolute Gasteiger partial charge is 0.318 e. The molecule has 0 N–H and O–H groups in total. The van der Waals surface area contributed by atoms with Crippen LogP contribution in [-0.2, 0) is 6.18 Å². The summed E-state index contributed by atoms with van der Waals surface area (Å²) in [4.78, 5) is 6.57. The number of hydrogen-bond donors (Lipinski definition) is 0. The third kappa shape index (κ3) is 3.42. The molecule has 4 nitrogen and oxygen atoms in total. The Balaban J connectivity index is 1.76. The first kappa shape index (κ1) is 20.8. The quantitative estimate of drug-likeness (QED) is 0.406. The van der Waals surface area contributed by atoms with Gasteiger partial charge in [-0.3, -0.25) is 0 Å². The van der Waals surface area contributed by atoms with Crippen molar-refractivity contribution >= 4 is 34.9 Å². The highest BCUT2D eigenvalue weighted by Gasteiger charge is 2.38. The standard InChI is InChI=1S/C23H15Cl2F3N4/c1-13-19-20(14-6-3-2-4-7-14)31-12-16(24)11-18(25)21(31)29-22(19)32(30-13)17-9-5-8-15(10-17)23(26,27)28/h2-12,20H,1H3/t20-/m1/s1. The lowest BCUT2D eigenvalue weighted by atomic mass is 9.95. The maximum atomic E-state index is 13.3. The average Bonchev–Trinajstić information content (AvgIpc) is 3.09. The summed E-state index contributed by atoms with van der Waals surface area (Å²) in [6, 6.07) is 14.3. The molecule has 0 fully saturated rings. The van der Waals surface area contributed by atoms with Gasteiger partial charge in [-0.1, -0.05) is 59.6 Å². The van der Waals surface area contributed by atoms with E-state index in [4.69, 9.17) is 28.2 Å². The van der Waals surface area contributed by atoms with Crippen molar-refractivity contribution in [3.05, 3.63) is 99.3 Å². The lowest BCUT2D eigenvalue weighted by Crippen LogP contribution is -2.35. The summed E-state index contributed by atoms with van der Waals surface area (Å²) in [6.07, 6.45) is -1.14. The van der Waals surface area contributed by atoms with Crippen LogP contribution in [-0.4, -0.2) is 20.5 Å². The van der Waals surface area contributed by atoms with E-state index in [1.807, 2.05) is 42.2 Å². The van der Waals surface area contributed by atoms with Crippen molar-refractivity contribution in [1.82, 2.24) is 14.7 Å². The molecule has 3 aromatic rings. The lowest BCUT2D eigenvalue weighted by Gasteiger charge is -2.37. The molecule has 2 aliphatic rings. The minimum Gasteiger partial charge on any atom is -0.318 e. The number of benzene rings is 2. The summed E-state index contributed by atoms with van der Waals surface area (Å²) in [5.41, 5.74) is 1.86. The van der Waals surface area contributed by atoms with Crippen molar-refractivity contribution in [3.8, 4) is 5.69 Å². The van der Waals surface area contributed by atoms with Crippen LogP contribution < -0.4 is 0 Å². The number of fused-ring (bicyclic) bond motifs is 2. The topological polar surface area (TPSA) is 33.4 Å². The van der Waals surface area contributed by atoms with E-state index >= 15 is 0 Å². The van der Waals surface area contributed by atoms with E-state index in [0.717, 1.165) is 23.3 Å². The number of hydrogen-bond acceptors (Lipinski definition) is 3. The molecule has 32 heavy (non-hydrogen) atoms. The van der Waals surface area contributed by atoms with E-state index in [9.17, 15) is 13.2 Å². The molecule has 3 heterocycles. The fourth-order valence-electron chi connectivity index (χ4n) is 4.00. The molecule has 0 bridgehead atoms. The van der Waals surface area contributed by atoms with E-state index in [1.165, 1.54) is 10.7 Å². The summed E-state index contributed by atoms with van der Waals surface area (Å²) in [5, 5.41) is 5.34. The second kappa shape index (κ2) is 7.53. The van der Waals surface area contributed by atoms with Gasteiger partial charge in [-0.15, -0.1) is 0 Å². The van der Waals surface area contributed by atoms with Gasteiger partial charge in [0.25, 0.3) is 0 Å². The van der Waals surface area contributed by atoms with Gasteiger partial charge in [0.05, 0.1) is 33.1 Å². The molecule has 2 aliphatic heterocycles. The molecule has 1 atom stereocenters. The van der Waals surface area contributed by atoms with Crippen molar-refractivity contribution < 1.29 is 13.2 Å². The third-order valence-corrected chi connectivity index (χ3v) is 5.85. The monoisotopic (exact) mass is 474 g/mol. The molecule has 0 saturated heterocycles. The predicted molar refractivity (Wildman–Crippen MR) is 118 cm³/mol. The van der Waals surface area contributed by atoms with Crippen molar-refractivity contribution in [2.24, 2.45) is 4.99 Å². The number of aryl methyl sites for hydroxylation is 1. The Kier molecular flexibility index (Phi) is 4.91.